The Kier molecular flexibility index (Phi) is 4.34. The maximum atomic E-state index is 12.7. The quantitative estimate of drug-likeness (QED) is 0.360. The summed E-state index contributed by atoms with van der Waals surface area (Å²) in [6.07, 6.45) is 4.87. The monoisotopic (exact) mass is 499 g/mol. The molecule has 0 saturated carbocycles. The molecule has 1 unspecified atom stereocenters. The van der Waals surface area contributed by atoms with E-state index in [-0.39, 0.29) is 11.3 Å². The maximum absolute atomic E-state index is 12.7. The first-order valence-corrected chi connectivity index (χ1v) is 12.2. The molecule has 0 spiro atoms. The van der Waals surface area contributed by atoms with Gasteiger partial charge in [-0.2, -0.15) is 0 Å². The van der Waals surface area contributed by atoms with Gasteiger partial charge in [0.25, 0.3) is 0 Å². The highest BCUT2D eigenvalue weighted by atomic mass is 79.9. The Balaban J connectivity index is 1.49. The van der Waals surface area contributed by atoms with Gasteiger partial charge in [-0.1, -0.05) is 60.1 Å². The number of amides is 1. The van der Waals surface area contributed by atoms with Crippen LogP contribution in [-0.4, -0.2) is 22.7 Å². The van der Waals surface area contributed by atoms with E-state index in [1.807, 2.05) is 0 Å². The van der Waals surface area contributed by atoms with E-state index in [4.69, 9.17) is 0 Å². The molecule has 4 aromatic rings. The van der Waals surface area contributed by atoms with Crippen molar-refractivity contribution in [3.8, 4) is 0 Å². The number of hydrogen-bond donors (Lipinski definition) is 1. The van der Waals surface area contributed by atoms with E-state index >= 15 is 0 Å². The number of halogens is 1. The van der Waals surface area contributed by atoms with E-state index in [0.717, 1.165) is 10.0 Å². The van der Waals surface area contributed by atoms with Crippen LogP contribution >= 0.6 is 15.9 Å². The fourth-order valence-electron chi connectivity index (χ4n) is 5.83. The molecule has 1 atom stereocenters. The van der Waals surface area contributed by atoms with Crippen LogP contribution in [0.25, 0.3) is 27.9 Å². The number of para-hydroxylation sites is 1. The van der Waals surface area contributed by atoms with Crippen molar-refractivity contribution in [2.75, 3.05) is 11.4 Å². The second-order valence-electron chi connectivity index (χ2n) is 9.69. The van der Waals surface area contributed by atoms with Crippen molar-refractivity contribution < 1.29 is 4.79 Å². The van der Waals surface area contributed by atoms with E-state index < -0.39 is 5.66 Å². The van der Waals surface area contributed by atoms with Crippen LogP contribution in [-0.2, 0) is 17.3 Å². The molecule has 0 bridgehead atoms. The van der Waals surface area contributed by atoms with Crippen LogP contribution in [0.5, 0.6) is 0 Å². The maximum Gasteiger partial charge on any atom is 0.223 e. The van der Waals surface area contributed by atoms with Gasteiger partial charge >= 0.3 is 0 Å². The predicted octanol–water partition coefficient (Wildman–Crippen LogP) is 6.12. The van der Waals surface area contributed by atoms with Crippen LogP contribution in [0, 0.1) is 0 Å². The van der Waals surface area contributed by atoms with Gasteiger partial charge in [-0.3, -0.25) is 4.79 Å². The average molecular weight is 500 g/mol. The molecule has 1 N–H and O–H groups in total. The predicted molar refractivity (Wildman–Crippen MR) is 139 cm³/mol. The first-order valence-electron chi connectivity index (χ1n) is 11.4. The normalized spacial score (nSPS) is 21.6. The molecule has 2 aliphatic rings. The van der Waals surface area contributed by atoms with Crippen molar-refractivity contribution >= 4 is 55.4 Å². The number of aromatic nitrogens is 1. The number of anilines is 1. The third kappa shape index (κ3) is 2.78. The van der Waals surface area contributed by atoms with Gasteiger partial charge in [0.05, 0.1) is 0 Å². The third-order valence-corrected chi connectivity index (χ3v) is 8.14. The van der Waals surface area contributed by atoms with Crippen molar-refractivity contribution in [2.24, 2.45) is 7.05 Å². The van der Waals surface area contributed by atoms with Crippen LogP contribution in [0.1, 0.15) is 31.4 Å². The van der Waals surface area contributed by atoms with Crippen LogP contribution in [0.2, 0.25) is 0 Å². The largest absolute Gasteiger partial charge is 0.344 e. The lowest BCUT2D eigenvalue weighted by Gasteiger charge is -2.49. The van der Waals surface area contributed by atoms with Crippen molar-refractivity contribution in [2.45, 2.75) is 31.3 Å². The van der Waals surface area contributed by atoms with E-state index in [0.29, 0.717) is 13.0 Å². The number of carbonyl (C=O) groups excluding carboxylic acids is 1. The summed E-state index contributed by atoms with van der Waals surface area (Å²) in [4.78, 5) is 15.0. The lowest BCUT2D eigenvalue weighted by Crippen LogP contribution is -2.68. The van der Waals surface area contributed by atoms with Crippen LogP contribution in [0.4, 0.5) is 5.69 Å². The van der Waals surface area contributed by atoms with Gasteiger partial charge < -0.3 is 14.8 Å². The highest BCUT2D eigenvalue weighted by Gasteiger charge is 2.57. The number of benzene rings is 3. The molecule has 1 amide bonds. The number of aryl methyl sites for hydroxylation is 1. The molecular weight excluding hydrogens is 474 g/mol. The Labute approximate surface area is 202 Å². The minimum absolute atomic E-state index is 0.0975. The number of rotatable bonds is 2. The molecule has 2 aliphatic heterocycles. The zero-order valence-corrected chi connectivity index (χ0v) is 20.6. The molecular formula is C28H26BrN3O. The molecule has 5 heteroatoms. The summed E-state index contributed by atoms with van der Waals surface area (Å²) in [5.41, 5.74) is 5.10. The van der Waals surface area contributed by atoms with Crippen molar-refractivity contribution in [1.29, 1.82) is 0 Å². The fraction of sp³-hybridized carbons (Fsp3) is 0.250. The van der Waals surface area contributed by atoms with Crippen LogP contribution in [0.3, 0.4) is 0 Å². The van der Waals surface area contributed by atoms with E-state index in [9.17, 15) is 4.79 Å². The van der Waals surface area contributed by atoms with Gasteiger partial charge in [0.1, 0.15) is 5.66 Å². The third-order valence-electron chi connectivity index (χ3n) is 7.65. The summed E-state index contributed by atoms with van der Waals surface area (Å²) in [6, 6.07) is 21.6. The number of fused-ring (bicyclic) bond motifs is 6. The Bertz CT molecular complexity index is 1480. The Morgan fingerprint density at radius 2 is 1.79 bits per heavy atom. The molecule has 1 saturated heterocycles. The zero-order chi connectivity index (χ0) is 23.0. The van der Waals surface area contributed by atoms with E-state index in [1.165, 1.54) is 33.1 Å². The number of nitrogens with zero attached hydrogens (tertiary/aromatic N) is 2. The molecule has 166 valence electrons. The second kappa shape index (κ2) is 6.97. The fourth-order valence-corrected chi connectivity index (χ4v) is 6.19. The minimum Gasteiger partial charge on any atom is -0.344 e. The Hall–Kier alpha value is -3.05. The van der Waals surface area contributed by atoms with Crippen molar-refractivity contribution in [3.63, 3.8) is 0 Å². The summed E-state index contributed by atoms with van der Waals surface area (Å²) >= 11 is 3.64. The first-order chi connectivity index (χ1) is 15.8. The molecule has 3 heterocycles. The van der Waals surface area contributed by atoms with Crippen molar-refractivity contribution in [3.05, 3.63) is 82.3 Å². The molecule has 4 nitrogen and oxygen atoms in total. The summed E-state index contributed by atoms with van der Waals surface area (Å²) < 4.78 is 3.30. The summed E-state index contributed by atoms with van der Waals surface area (Å²) in [5, 5.41) is 5.87. The Morgan fingerprint density at radius 1 is 1.00 bits per heavy atom. The number of hydrogen-bond acceptors (Lipinski definition) is 2. The molecule has 6 rings (SSSR count). The van der Waals surface area contributed by atoms with E-state index in [1.54, 1.807) is 0 Å². The molecule has 0 radical (unpaired) electrons. The topological polar surface area (TPSA) is 37.3 Å². The SMILES string of the molecule is Cn1c2ccccc2c2cc(C=CC34NC(=O)CCN3c3ccc(Br)cc3C4(C)C)ccc21. The average Bonchev–Trinajstić information content (AvgIpc) is 3.19. The Morgan fingerprint density at radius 3 is 2.64 bits per heavy atom. The molecule has 0 aliphatic carbocycles. The number of nitrogens with one attached hydrogen (secondary N) is 1. The van der Waals surface area contributed by atoms with Gasteiger partial charge in [0, 0.05) is 57.4 Å². The van der Waals surface area contributed by atoms with Gasteiger partial charge in [0.2, 0.25) is 5.91 Å². The highest BCUT2D eigenvalue weighted by molar-refractivity contribution is 9.10. The van der Waals surface area contributed by atoms with Gasteiger partial charge in [0.15, 0.2) is 0 Å². The van der Waals surface area contributed by atoms with Gasteiger partial charge in [-0.25, -0.2) is 0 Å². The molecule has 1 fully saturated rings. The smallest absolute Gasteiger partial charge is 0.223 e. The minimum atomic E-state index is -0.612. The van der Waals surface area contributed by atoms with Gasteiger partial charge in [-0.15, -0.1) is 0 Å². The lowest BCUT2D eigenvalue weighted by atomic mass is 9.74. The van der Waals surface area contributed by atoms with E-state index in [2.05, 4.69) is 124 Å². The summed E-state index contributed by atoms with van der Waals surface area (Å²) in [6.45, 7) is 5.15. The zero-order valence-electron chi connectivity index (χ0n) is 19.0. The second-order valence-corrected chi connectivity index (χ2v) is 10.6. The summed E-state index contributed by atoms with van der Waals surface area (Å²) in [7, 11) is 2.12. The summed E-state index contributed by atoms with van der Waals surface area (Å²) in [5.74, 6) is 0.0975. The lowest BCUT2D eigenvalue weighted by molar-refractivity contribution is -0.124. The first kappa shape index (κ1) is 20.5. The van der Waals surface area contributed by atoms with Crippen LogP contribution in [0.15, 0.2) is 71.2 Å². The molecule has 1 aromatic heterocycles. The molecule has 33 heavy (non-hydrogen) atoms. The number of carbonyl (C=O) groups is 1. The molecule has 3 aromatic carbocycles. The van der Waals surface area contributed by atoms with Gasteiger partial charge in [-0.05, 0) is 53.6 Å². The van der Waals surface area contributed by atoms with Crippen LogP contribution < -0.4 is 10.2 Å². The van der Waals surface area contributed by atoms with Crippen molar-refractivity contribution in [1.82, 2.24) is 9.88 Å². The highest BCUT2D eigenvalue weighted by Crippen LogP contribution is 2.53. The standard InChI is InChI=1S/C28H26BrN3O/c1-27(2)22-17-19(29)9-11-25(22)32-15-13-26(33)30-28(27,32)14-12-18-8-10-24-21(16-18)20-6-4-5-7-23(20)31(24)3/h4-12,14,16-17H,13,15H2,1-3H3,(H,30,33).